The molecule has 0 radical (unpaired) electrons. The van der Waals surface area contributed by atoms with Crippen molar-refractivity contribution in [3.8, 4) is 5.75 Å². The third kappa shape index (κ3) is 3.18. The van der Waals surface area contributed by atoms with Gasteiger partial charge in [-0.25, -0.2) is 13.8 Å². The first-order chi connectivity index (χ1) is 8.88. The molecule has 4 nitrogen and oxygen atoms in total. The number of rotatable bonds is 3. The summed E-state index contributed by atoms with van der Waals surface area (Å²) in [6.07, 6.45) is 0.998. The van der Waals surface area contributed by atoms with Crippen LogP contribution in [0.5, 0.6) is 5.75 Å². The van der Waals surface area contributed by atoms with Gasteiger partial charge in [-0.2, -0.15) is 8.42 Å². The molecule has 0 saturated heterocycles. The summed E-state index contributed by atoms with van der Waals surface area (Å²) < 4.78 is 53.8. The van der Waals surface area contributed by atoms with Gasteiger partial charge in [0, 0.05) is 6.07 Å². The van der Waals surface area contributed by atoms with E-state index in [0.717, 1.165) is 18.3 Å². The van der Waals surface area contributed by atoms with Crippen molar-refractivity contribution in [2.24, 2.45) is 0 Å². The molecule has 2 aromatic rings. The maximum Gasteiger partial charge on any atom is 0.340 e. The Bertz CT molecular complexity index is 704. The first kappa shape index (κ1) is 13.7. The van der Waals surface area contributed by atoms with Crippen LogP contribution in [0.4, 0.5) is 8.78 Å². The van der Waals surface area contributed by atoms with E-state index in [1.54, 1.807) is 0 Å². The van der Waals surface area contributed by atoms with Crippen LogP contribution in [0.3, 0.4) is 0 Å². The van der Waals surface area contributed by atoms with Gasteiger partial charge in [0.25, 0.3) is 0 Å². The van der Waals surface area contributed by atoms with Gasteiger partial charge in [-0.1, -0.05) is 11.6 Å². The van der Waals surface area contributed by atoms with Crippen molar-refractivity contribution in [2.45, 2.75) is 4.90 Å². The van der Waals surface area contributed by atoms with Gasteiger partial charge in [-0.3, -0.25) is 0 Å². The lowest BCUT2D eigenvalue weighted by Gasteiger charge is -2.06. The van der Waals surface area contributed by atoms with Gasteiger partial charge in [-0.15, -0.1) is 0 Å². The zero-order valence-corrected chi connectivity index (χ0v) is 10.8. The fourth-order valence-corrected chi connectivity index (χ4v) is 2.20. The summed E-state index contributed by atoms with van der Waals surface area (Å²) in [4.78, 5) is 3.34. The molecule has 0 spiro atoms. The number of nitrogens with zero attached hydrogens (tertiary/aromatic N) is 1. The maximum absolute atomic E-state index is 12.9. The molecule has 8 heteroatoms. The topological polar surface area (TPSA) is 56.3 Å². The third-order valence-corrected chi connectivity index (χ3v) is 3.54. The van der Waals surface area contributed by atoms with Crippen LogP contribution in [0, 0.1) is 11.6 Å². The van der Waals surface area contributed by atoms with E-state index >= 15 is 0 Å². The van der Waals surface area contributed by atoms with Crippen molar-refractivity contribution >= 4 is 21.7 Å². The number of hydrogen-bond donors (Lipinski definition) is 0. The van der Waals surface area contributed by atoms with E-state index in [1.807, 2.05) is 0 Å². The van der Waals surface area contributed by atoms with Crippen molar-refractivity contribution in [1.82, 2.24) is 4.98 Å². The molecule has 0 bridgehead atoms. The van der Waals surface area contributed by atoms with Crippen molar-refractivity contribution in [2.75, 3.05) is 0 Å². The number of aromatic nitrogens is 1. The standard InChI is InChI=1S/C11H6ClF2NO3S/c12-11-4-2-8(6-15-11)19(16,17)18-7-1-3-9(13)10(14)5-7/h1-6H. The minimum atomic E-state index is -4.17. The Morgan fingerprint density at radius 2 is 1.84 bits per heavy atom. The Morgan fingerprint density at radius 3 is 2.42 bits per heavy atom. The SMILES string of the molecule is O=S(=O)(Oc1ccc(F)c(F)c1)c1ccc(Cl)nc1. The van der Waals surface area contributed by atoms with Crippen molar-refractivity contribution in [3.05, 3.63) is 53.3 Å². The molecule has 1 heterocycles. The predicted octanol–water partition coefficient (Wildman–Crippen LogP) is 2.78. The molecule has 0 aliphatic rings. The van der Waals surface area contributed by atoms with E-state index in [9.17, 15) is 17.2 Å². The molecule has 0 N–H and O–H groups in total. The van der Waals surface area contributed by atoms with Crippen molar-refractivity contribution < 1.29 is 21.4 Å². The van der Waals surface area contributed by atoms with Crippen LogP contribution in [0.1, 0.15) is 0 Å². The van der Waals surface area contributed by atoms with E-state index in [-0.39, 0.29) is 15.8 Å². The average molecular weight is 306 g/mol. The summed E-state index contributed by atoms with van der Waals surface area (Å²) in [5, 5.41) is 0.117. The Hall–Kier alpha value is -1.73. The smallest absolute Gasteiger partial charge is 0.340 e. The van der Waals surface area contributed by atoms with Gasteiger partial charge in [0.1, 0.15) is 15.8 Å². The minimum absolute atomic E-state index is 0.117. The van der Waals surface area contributed by atoms with E-state index in [4.69, 9.17) is 11.6 Å². The molecular weight excluding hydrogens is 300 g/mol. The van der Waals surface area contributed by atoms with E-state index in [2.05, 4.69) is 9.17 Å². The Kier molecular flexibility index (Phi) is 3.68. The Balaban J connectivity index is 2.30. The van der Waals surface area contributed by atoms with Gasteiger partial charge in [-0.05, 0) is 24.3 Å². The van der Waals surface area contributed by atoms with E-state index < -0.39 is 21.8 Å². The lowest BCUT2D eigenvalue weighted by molar-refractivity contribution is 0.472. The van der Waals surface area contributed by atoms with Crippen LogP contribution in [-0.2, 0) is 10.1 Å². The molecule has 0 fully saturated rings. The number of pyridine rings is 1. The van der Waals surface area contributed by atoms with Gasteiger partial charge < -0.3 is 4.18 Å². The van der Waals surface area contributed by atoms with E-state index in [0.29, 0.717) is 6.07 Å². The van der Waals surface area contributed by atoms with Crippen molar-refractivity contribution in [3.63, 3.8) is 0 Å². The normalized spacial score (nSPS) is 11.3. The molecule has 19 heavy (non-hydrogen) atoms. The molecule has 0 aliphatic carbocycles. The van der Waals surface area contributed by atoms with E-state index in [1.165, 1.54) is 12.1 Å². The van der Waals surface area contributed by atoms with Crippen LogP contribution in [0.15, 0.2) is 41.4 Å². The second kappa shape index (κ2) is 5.10. The molecule has 0 unspecified atom stereocenters. The number of hydrogen-bond acceptors (Lipinski definition) is 4. The second-order valence-corrected chi connectivity index (χ2v) is 5.36. The molecule has 1 aromatic carbocycles. The first-order valence-electron chi connectivity index (χ1n) is 4.89. The fraction of sp³-hybridized carbons (Fsp3) is 0. The van der Waals surface area contributed by atoms with Gasteiger partial charge >= 0.3 is 10.1 Å². The van der Waals surface area contributed by atoms with Crippen LogP contribution in [0.2, 0.25) is 5.15 Å². The molecule has 0 saturated carbocycles. The van der Waals surface area contributed by atoms with Crippen molar-refractivity contribution in [1.29, 1.82) is 0 Å². The van der Waals surface area contributed by atoms with Crippen LogP contribution in [-0.4, -0.2) is 13.4 Å². The van der Waals surface area contributed by atoms with Gasteiger partial charge in [0.15, 0.2) is 11.6 Å². The summed E-state index contributed by atoms with van der Waals surface area (Å²) in [6.45, 7) is 0. The summed E-state index contributed by atoms with van der Waals surface area (Å²) in [6, 6.07) is 4.85. The minimum Gasteiger partial charge on any atom is -0.379 e. The Labute approximate surface area is 112 Å². The fourth-order valence-electron chi connectivity index (χ4n) is 1.21. The summed E-state index contributed by atoms with van der Waals surface area (Å²) in [5.74, 6) is -2.64. The zero-order valence-electron chi connectivity index (χ0n) is 9.18. The highest BCUT2D eigenvalue weighted by atomic mass is 35.5. The first-order valence-corrected chi connectivity index (χ1v) is 6.68. The molecule has 0 atom stereocenters. The molecule has 100 valence electrons. The summed E-state index contributed by atoms with van der Waals surface area (Å²) in [7, 11) is -4.17. The number of benzene rings is 1. The molecular formula is C11H6ClF2NO3S. The molecule has 0 aliphatic heterocycles. The largest absolute Gasteiger partial charge is 0.379 e. The lowest BCUT2D eigenvalue weighted by atomic mass is 10.3. The highest BCUT2D eigenvalue weighted by Gasteiger charge is 2.18. The van der Waals surface area contributed by atoms with Crippen LogP contribution in [0.25, 0.3) is 0 Å². The van der Waals surface area contributed by atoms with Gasteiger partial charge in [0.2, 0.25) is 0 Å². The molecule has 1 aromatic heterocycles. The molecule has 0 amide bonds. The summed E-state index contributed by atoms with van der Waals surface area (Å²) in [5.41, 5.74) is 0. The quantitative estimate of drug-likeness (QED) is 0.646. The maximum atomic E-state index is 12.9. The molecule has 2 rings (SSSR count). The monoisotopic (exact) mass is 305 g/mol. The van der Waals surface area contributed by atoms with Gasteiger partial charge in [0.05, 0.1) is 6.20 Å². The van der Waals surface area contributed by atoms with Crippen LogP contribution < -0.4 is 4.18 Å². The highest BCUT2D eigenvalue weighted by molar-refractivity contribution is 7.87. The zero-order chi connectivity index (χ0) is 14.0. The lowest BCUT2D eigenvalue weighted by Crippen LogP contribution is -2.10. The second-order valence-electron chi connectivity index (χ2n) is 3.43. The predicted molar refractivity (Wildman–Crippen MR) is 63.4 cm³/mol. The van der Waals surface area contributed by atoms with Crippen LogP contribution >= 0.6 is 11.6 Å². The summed E-state index contributed by atoms with van der Waals surface area (Å²) >= 11 is 5.52. The highest BCUT2D eigenvalue weighted by Crippen LogP contribution is 2.21. The Morgan fingerprint density at radius 1 is 1.11 bits per heavy atom. The third-order valence-electron chi connectivity index (χ3n) is 2.09. The average Bonchev–Trinajstić information content (AvgIpc) is 2.34. The number of halogens is 3.